The van der Waals surface area contributed by atoms with Crippen molar-refractivity contribution >= 4 is 15.9 Å². The summed E-state index contributed by atoms with van der Waals surface area (Å²) in [6.07, 6.45) is 4.92. The third-order valence-electron chi connectivity index (χ3n) is 2.81. The number of alkyl halides is 1. The Hall–Kier alpha value is -0.380. The van der Waals surface area contributed by atoms with Crippen LogP contribution in [-0.2, 0) is 10.7 Å². The predicted molar refractivity (Wildman–Crippen MR) is 52.7 cm³/mol. The van der Waals surface area contributed by atoms with Gasteiger partial charge in [0.1, 0.15) is 0 Å². The largest absolute Gasteiger partial charge is 0.339 e. The fourth-order valence-electron chi connectivity index (χ4n) is 1.92. The van der Waals surface area contributed by atoms with Gasteiger partial charge in [0, 0.05) is 5.41 Å². The molecular formula is C9H13BrN2O. The summed E-state index contributed by atoms with van der Waals surface area (Å²) in [5, 5.41) is 4.56. The molecule has 0 N–H and O–H groups in total. The highest BCUT2D eigenvalue weighted by molar-refractivity contribution is 9.08. The highest BCUT2D eigenvalue weighted by Crippen LogP contribution is 2.39. The fraction of sp³-hybridized carbons (Fsp3) is 0.778. The Bertz CT molecular complexity index is 292. The molecule has 4 heteroatoms. The zero-order valence-electron chi connectivity index (χ0n) is 7.72. The number of hydrogen-bond donors (Lipinski definition) is 0. The minimum atomic E-state index is 0.146. The van der Waals surface area contributed by atoms with E-state index >= 15 is 0 Å². The van der Waals surface area contributed by atoms with Crippen molar-refractivity contribution in [1.29, 1.82) is 0 Å². The van der Waals surface area contributed by atoms with Crippen LogP contribution in [0.5, 0.6) is 0 Å². The quantitative estimate of drug-likeness (QED) is 0.752. The van der Waals surface area contributed by atoms with Gasteiger partial charge < -0.3 is 4.52 Å². The van der Waals surface area contributed by atoms with Crippen molar-refractivity contribution < 1.29 is 4.52 Å². The molecule has 0 unspecified atom stereocenters. The average molecular weight is 245 g/mol. The zero-order chi connectivity index (χ0) is 9.31. The van der Waals surface area contributed by atoms with Crippen molar-refractivity contribution in [3.05, 3.63) is 11.7 Å². The second-order valence-electron chi connectivity index (χ2n) is 3.92. The summed E-state index contributed by atoms with van der Waals surface area (Å²) in [6.45, 7) is 2.21. The van der Waals surface area contributed by atoms with Crippen molar-refractivity contribution in [3.63, 3.8) is 0 Å². The van der Waals surface area contributed by atoms with E-state index < -0.39 is 0 Å². The van der Waals surface area contributed by atoms with Gasteiger partial charge in [0.2, 0.25) is 5.89 Å². The van der Waals surface area contributed by atoms with Crippen molar-refractivity contribution in [2.24, 2.45) is 0 Å². The van der Waals surface area contributed by atoms with Crippen molar-refractivity contribution in [2.75, 3.05) is 0 Å². The number of rotatable bonds is 2. The standard InChI is InChI=1S/C9H13BrN2O/c1-9(4-2-3-5-9)8-11-7(6-10)12-13-8/h2-6H2,1H3. The van der Waals surface area contributed by atoms with Crippen LogP contribution in [0.3, 0.4) is 0 Å². The second-order valence-corrected chi connectivity index (χ2v) is 4.48. The van der Waals surface area contributed by atoms with E-state index in [4.69, 9.17) is 4.52 Å². The molecule has 2 rings (SSSR count). The average Bonchev–Trinajstić information content (AvgIpc) is 2.72. The van der Waals surface area contributed by atoms with Crippen LogP contribution in [0.25, 0.3) is 0 Å². The SMILES string of the molecule is CC1(c2nc(CBr)no2)CCCC1. The molecule has 1 fully saturated rings. The van der Waals surface area contributed by atoms with E-state index in [2.05, 4.69) is 33.0 Å². The Morgan fingerprint density at radius 1 is 1.46 bits per heavy atom. The van der Waals surface area contributed by atoms with Crippen LogP contribution in [0.15, 0.2) is 4.52 Å². The van der Waals surface area contributed by atoms with E-state index in [9.17, 15) is 0 Å². The molecule has 0 spiro atoms. The van der Waals surface area contributed by atoms with Gasteiger partial charge in [-0.15, -0.1) is 0 Å². The van der Waals surface area contributed by atoms with Gasteiger partial charge in [-0.2, -0.15) is 4.98 Å². The van der Waals surface area contributed by atoms with E-state index in [1.54, 1.807) is 0 Å². The third-order valence-corrected chi connectivity index (χ3v) is 3.31. The number of halogens is 1. The monoisotopic (exact) mass is 244 g/mol. The summed E-state index contributed by atoms with van der Waals surface area (Å²) in [7, 11) is 0. The third kappa shape index (κ3) is 1.64. The Balaban J connectivity index is 2.23. The molecule has 3 nitrogen and oxygen atoms in total. The molecule has 0 saturated heterocycles. The van der Waals surface area contributed by atoms with Crippen molar-refractivity contribution in [2.45, 2.75) is 43.4 Å². The highest BCUT2D eigenvalue weighted by atomic mass is 79.9. The normalized spacial score (nSPS) is 20.8. The summed E-state index contributed by atoms with van der Waals surface area (Å²) in [4.78, 5) is 4.36. The lowest BCUT2D eigenvalue weighted by molar-refractivity contribution is 0.294. The van der Waals surface area contributed by atoms with Gasteiger partial charge in [0.25, 0.3) is 0 Å². The molecule has 13 heavy (non-hydrogen) atoms. The minimum absolute atomic E-state index is 0.146. The molecular weight excluding hydrogens is 232 g/mol. The molecule has 0 aliphatic heterocycles. The maximum atomic E-state index is 5.25. The van der Waals surface area contributed by atoms with Gasteiger partial charge in [-0.25, -0.2) is 0 Å². The summed E-state index contributed by atoms with van der Waals surface area (Å²) in [6, 6.07) is 0. The molecule has 1 aromatic rings. The van der Waals surface area contributed by atoms with E-state index in [1.807, 2.05) is 0 Å². The molecule has 1 aliphatic carbocycles. The smallest absolute Gasteiger partial charge is 0.232 e. The Kier molecular flexibility index (Phi) is 2.41. The van der Waals surface area contributed by atoms with E-state index in [1.165, 1.54) is 25.7 Å². The molecule has 1 aromatic heterocycles. The number of aromatic nitrogens is 2. The lowest BCUT2D eigenvalue weighted by Crippen LogP contribution is -2.17. The van der Waals surface area contributed by atoms with Crippen LogP contribution in [0, 0.1) is 0 Å². The predicted octanol–water partition coefficient (Wildman–Crippen LogP) is 2.80. The molecule has 1 saturated carbocycles. The van der Waals surface area contributed by atoms with Crippen molar-refractivity contribution in [1.82, 2.24) is 10.1 Å². The summed E-state index contributed by atoms with van der Waals surface area (Å²) in [5.74, 6) is 1.57. The summed E-state index contributed by atoms with van der Waals surface area (Å²) in [5.41, 5.74) is 0.146. The van der Waals surface area contributed by atoms with Crippen LogP contribution in [-0.4, -0.2) is 10.1 Å². The van der Waals surface area contributed by atoms with Crippen molar-refractivity contribution in [3.8, 4) is 0 Å². The first kappa shape index (κ1) is 9.19. The molecule has 0 bridgehead atoms. The molecule has 0 amide bonds. The molecule has 1 heterocycles. The molecule has 0 radical (unpaired) electrons. The summed E-state index contributed by atoms with van der Waals surface area (Å²) < 4.78 is 5.25. The Morgan fingerprint density at radius 3 is 2.69 bits per heavy atom. The van der Waals surface area contributed by atoms with E-state index in [-0.39, 0.29) is 5.41 Å². The lowest BCUT2D eigenvalue weighted by atomic mass is 9.89. The van der Waals surface area contributed by atoms with E-state index in [0.29, 0.717) is 5.33 Å². The first-order valence-corrected chi connectivity index (χ1v) is 5.76. The zero-order valence-corrected chi connectivity index (χ0v) is 9.30. The lowest BCUT2D eigenvalue weighted by Gasteiger charge is -2.16. The first-order chi connectivity index (χ1) is 6.24. The maximum absolute atomic E-state index is 5.25. The van der Waals surface area contributed by atoms with Crippen LogP contribution < -0.4 is 0 Å². The molecule has 0 atom stereocenters. The second kappa shape index (κ2) is 3.40. The van der Waals surface area contributed by atoms with Crippen LogP contribution in [0.4, 0.5) is 0 Å². The first-order valence-electron chi connectivity index (χ1n) is 4.64. The maximum Gasteiger partial charge on any atom is 0.232 e. The molecule has 0 aromatic carbocycles. The van der Waals surface area contributed by atoms with Gasteiger partial charge in [0.05, 0.1) is 5.33 Å². The van der Waals surface area contributed by atoms with Gasteiger partial charge in [-0.05, 0) is 12.8 Å². The Morgan fingerprint density at radius 2 is 2.15 bits per heavy atom. The molecule has 72 valence electrons. The fourth-order valence-corrected chi connectivity index (χ4v) is 2.15. The van der Waals surface area contributed by atoms with Crippen LogP contribution >= 0.6 is 15.9 Å². The van der Waals surface area contributed by atoms with Gasteiger partial charge in [-0.1, -0.05) is 40.9 Å². The van der Waals surface area contributed by atoms with Crippen LogP contribution in [0.1, 0.15) is 44.3 Å². The number of nitrogens with zero attached hydrogens (tertiary/aromatic N) is 2. The van der Waals surface area contributed by atoms with E-state index in [0.717, 1.165) is 11.7 Å². The topological polar surface area (TPSA) is 38.9 Å². The van der Waals surface area contributed by atoms with Gasteiger partial charge >= 0.3 is 0 Å². The summed E-state index contributed by atoms with van der Waals surface area (Å²) >= 11 is 3.31. The van der Waals surface area contributed by atoms with Gasteiger partial charge in [-0.3, -0.25) is 0 Å². The number of hydrogen-bond acceptors (Lipinski definition) is 3. The highest BCUT2D eigenvalue weighted by Gasteiger charge is 2.35. The minimum Gasteiger partial charge on any atom is -0.339 e. The Labute approximate surface area is 86.0 Å². The molecule has 1 aliphatic rings. The van der Waals surface area contributed by atoms with Gasteiger partial charge in [0.15, 0.2) is 5.82 Å². The van der Waals surface area contributed by atoms with Crippen LogP contribution in [0.2, 0.25) is 0 Å².